The van der Waals surface area contributed by atoms with Crippen molar-refractivity contribution >= 4 is 38.3 Å². The molecule has 5 heteroatoms. The summed E-state index contributed by atoms with van der Waals surface area (Å²) in [5.41, 5.74) is 1.65. The van der Waals surface area contributed by atoms with E-state index in [4.69, 9.17) is 16.3 Å². The molecule has 0 N–H and O–H groups in total. The van der Waals surface area contributed by atoms with Gasteiger partial charge in [0.05, 0.1) is 22.8 Å². The molecule has 0 saturated heterocycles. The van der Waals surface area contributed by atoms with Crippen LogP contribution in [0.25, 0.3) is 22.2 Å². The van der Waals surface area contributed by atoms with Crippen LogP contribution in [0.4, 0.5) is 0 Å². The van der Waals surface area contributed by atoms with Gasteiger partial charge in [-0.25, -0.2) is 9.97 Å². The van der Waals surface area contributed by atoms with E-state index in [9.17, 15) is 0 Å². The lowest BCUT2D eigenvalue weighted by Crippen LogP contribution is -1.97. The zero-order valence-electron chi connectivity index (χ0n) is 11.5. The average molecular weight is 364 g/mol. The first-order chi connectivity index (χ1) is 10.1. The first-order valence-corrected chi connectivity index (χ1v) is 7.54. The van der Waals surface area contributed by atoms with Crippen LogP contribution in [0.2, 0.25) is 5.15 Å². The molecule has 0 aliphatic carbocycles. The first kappa shape index (κ1) is 14.3. The van der Waals surface area contributed by atoms with E-state index in [0.717, 1.165) is 27.8 Å². The van der Waals surface area contributed by atoms with E-state index < -0.39 is 0 Å². The topological polar surface area (TPSA) is 35.0 Å². The van der Waals surface area contributed by atoms with Gasteiger partial charge in [-0.15, -0.1) is 0 Å². The number of ether oxygens (including phenoxy) is 1. The second-order valence-electron chi connectivity index (χ2n) is 4.60. The van der Waals surface area contributed by atoms with Gasteiger partial charge >= 0.3 is 0 Å². The summed E-state index contributed by atoms with van der Waals surface area (Å²) in [6, 6.07) is 12.0. The first-order valence-electron chi connectivity index (χ1n) is 6.37. The number of fused-ring (bicyclic) bond motifs is 1. The monoisotopic (exact) mass is 362 g/mol. The lowest BCUT2D eigenvalue weighted by atomic mass is 10.0. The molecule has 0 aliphatic rings. The molecule has 3 rings (SSSR count). The predicted octanol–water partition coefficient (Wildman–Crippen LogP) is 5.03. The zero-order valence-corrected chi connectivity index (χ0v) is 13.9. The number of benzene rings is 2. The summed E-state index contributed by atoms with van der Waals surface area (Å²) in [4.78, 5) is 8.93. The fourth-order valence-corrected chi connectivity index (χ4v) is 2.68. The van der Waals surface area contributed by atoms with Crippen LogP contribution in [0, 0.1) is 6.92 Å². The van der Waals surface area contributed by atoms with E-state index in [1.165, 1.54) is 0 Å². The molecule has 106 valence electrons. The van der Waals surface area contributed by atoms with Gasteiger partial charge in [-0.3, -0.25) is 0 Å². The van der Waals surface area contributed by atoms with Gasteiger partial charge in [0.1, 0.15) is 10.9 Å². The lowest BCUT2D eigenvalue weighted by molar-refractivity contribution is 0.416. The van der Waals surface area contributed by atoms with Crippen molar-refractivity contribution in [2.45, 2.75) is 6.92 Å². The Balaban J connectivity index is 2.38. The molecule has 0 amide bonds. The summed E-state index contributed by atoms with van der Waals surface area (Å²) in [7, 11) is 1.64. The molecule has 0 fully saturated rings. The Labute approximate surface area is 136 Å². The third-order valence-corrected chi connectivity index (χ3v) is 4.76. The van der Waals surface area contributed by atoms with Crippen LogP contribution < -0.4 is 4.74 Å². The highest BCUT2D eigenvalue weighted by molar-refractivity contribution is 9.10. The predicted molar refractivity (Wildman–Crippen MR) is 89.0 cm³/mol. The molecule has 3 nitrogen and oxygen atoms in total. The summed E-state index contributed by atoms with van der Waals surface area (Å²) in [5, 5.41) is 2.54. The molecule has 2 aromatic carbocycles. The van der Waals surface area contributed by atoms with E-state index in [1.807, 2.05) is 43.3 Å². The fourth-order valence-electron chi connectivity index (χ4n) is 2.29. The lowest BCUT2D eigenvalue weighted by Gasteiger charge is -2.12. The maximum absolute atomic E-state index is 6.18. The second kappa shape index (κ2) is 5.62. The quantitative estimate of drug-likeness (QED) is 0.599. The maximum atomic E-state index is 6.18. The Morgan fingerprint density at radius 2 is 1.86 bits per heavy atom. The molecule has 0 spiro atoms. The van der Waals surface area contributed by atoms with Crippen molar-refractivity contribution in [2.24, 2.45) is 0 Å². The summed E-state index contributed by atoms with van der Waals surface area (Å²) in [5.74, 6) is 1.29. The summed E-state index contributed by atoms with van der Waals surface area (Å²) >= 11 is 9.56. The van der Waals surface area contributed by atoms with Crippen molar-refractivity contribution < 1.29 is 4.74 Å². The van der Waals surface area contributed by atoms with Gasteiger partial charge in [0.2, 0.25) is 0 Å². The largest absolute Gasteiger partial charge is 0.496 e. The number of hydrogen-bond donors (Lipinski definition) is 0. The van der Waals surface area contributed by atoms with E-state index >= 15 is 0 Å². The Morgan fingerprint density at radius 3 is 2.57 bits per heavy atom. The van der Waals surface area contributed by atoms with Crippen molar-refractivity contribution in [3.63, 3.8) is 0 Å². The Hall–Kier alpha value is -1.65. The van der Waals surface area contributed by atoms with Crippen molar-refractivity contribution in [3.8, 4) is 17.1 Å². The SMILES string of the molecule is COc1ccc2ccccc2c1-c1nc(C)c(Br)c(Cl)n1. The molecule has 0 unspecified atom stereocenters. The third kappa shape index (κ3) is 2.49. The summed E-state index contributed by atoms with van der Waals surface area (Å²) < 4.78 is 6.20. The Bertz CT molecular complexity index is 813. The van der Waals surface area contributed by atoms with Crippen molar-refractivity contribution in [1.82, 2.24) is 9.97 Å². The maximum Gasteiger partial charge on any atom is 0.165 e. The van der Waals surface area contributed by atoms with Gasteiger partial charge in [0.25, 0.3) is 0 Å². The number of halogens is 2. The van der Waals surface area contributed by atoms with Crippen molar-refractivity contribution in [3.05, 3.63) is 51.7 Å². The number of hydrogen-bond acceptors (Lipinski definition) is 3. The highest BCUT2D eigenvalue weighted by Gasteiger charge is 2.16. The normalized spacial score (nSPS) is 10.9. The number of nitrogens with zero attached hydrogens (tertiary/aromatic N) is 2. The van der Waals surface area contributed by atoms with Gasteiger partial charge in [-0.05, 0) is 39.7 Å². The van der Waals surface area contributed by atoms with Crippen LogP contribution in [0.3, 0.4) is 0 Å². The summed E-state index contributed by atoms with van der Waals surface area (Å²) in [6.45, 7) is 1.89. The zero-order chi connectivity index (χ0) is 15.0. The minimum Gasteiger partial charge on any atom is -0.496 e. The van der Waals surface area contributed by atoms with Gasteiger partial charge < -0.3 is 4.74 Å². The Kier molecular flexibility index (Phi) is 3.83. The van der Waals surface area contributed by atoms with Gasteiger partial charge in [-0.2, -0.15) is 0 Å². The number of methoxy groups -OCH3 is 1. The highest BCUT2D eigenvalue weighted by Crippen LogP contribution is 2.36. The fraction of sp³-hybridized carbons (Fsp3) is 0.125. The molecular weight excluding hydrogens is 352 g/mol. The molecular formula is C16H12BrClN2O. The molecule has 0 bridgehead atoms. The molecule has 1 aromatic heterocycles. The second-order valence-corrected chi connectivity index (χ2v) is 5.75. The van der Waals surface area contributed by atoms with Crippen LogP contribution in [0.1, 0.15) is 5.69 Å². The molecule has 0 atom stereocenters. The van der Waals surface area contributed by atoms with E-state index in [2.05, 4.69) is 25.9 Å². The van der Waals surface area contributed by atoms with Gasteiger partial charge in [-0.1, -0.05) is 41.9 Å². The minimum atomic E-state index is 0.396. The molecule has 0 radical (unpaired) electrons. The average Bonchev–Trinajstić information content (AvgIpc) is 2.51. The number of aryl methyl sites for hydroxylation is 1. The van der Waals surface area contributed by atoms with Gasteiger partial charge in [0, 0.05) is 0 Å². The van der Waals surface area contributed by atoms with Gasteiger partial charge in [0.15, 0.2) is 5.82 Å². The van der Waals surface area contributed by atoms with Crippen LogP contribution in [-0.2, 0) is 0 Å². The van der Waals surface area contributed by atoms with Crippen LogP contribution in [0.15, 0.2) is 40.9 Å². The van der Waals surface area contributed by atoms with Crippen molar-refractivity contribution in [2.75, 3.05) is 7.11 Å². The van der Waals surface area contributed by atoms with E-state index in [1.54, 1.807) is 7.11 Å². The summed E-state index contributed by atoms with van der Waals surface area (Å²) in [6.07, 6.45) is 0. The number of aromatic nitrogens is 2. The van der Waals surface area contributed by atoms with Crippen LogP contribution in [0.5, 0.6) is 5.75 Å². The smallest absolute Gasteiger partial charge is 0.165 e. The van der Waals surface area contributed by atoms with Crippen molar-refractivity contribution in [1.29, 1.82) is 0 Å². The molecule has 0 aliphatic heterocycles. The van der Waals surface area contributed by atoms with E-state index in [-0.39, 0.29) is 0 Å². The molecule has 3 aromatic rings. The molecule has 1 heterocycles. The third-order valence-electron chi connectivity index (χ3n) is 3.31. The highest BCUT2D eigenvalue weighted by atomic mass is 79.9. The molecule has 21 heavy (non-hydrogen) atoms. The Morgan fingerprint density at radius 1 is 1.10 bits per heavy atom. The van der Waals surface area contributed by atoms with E-state index in [0.29, 0.717) is 15.5 Å². The van der Waals surface area contributed by atoms with Crippen LogP contribution >= 0.6 is 27.5 Å². The minimum absolute atomic E-state index is 0.396. The number of rotatable bonds is 2. The van der Waals surface area contributed by atoms with Crippen LogP contribution in [-0.4, -0.2) is 17.1 Å². The molecule has 0 saturated carbocycles. The standard InChI is InChI=1S/C16H12BrClN2O/c1-9-14(17)15(18)20-16(19-9)13-11-6-4-3-5-10(11)7-8-12(13)21-2/h3-8H,1-2H3.